The van der Waals surface area contributed by atoms with Gasteiger partial charge >= 0.3 is 0 Å². The normalized spacial score (nSPS) is 31.9. The summed E-state index contributed by atoms with van der Waals surface area (Å²) in [4.78, 5) is 29.7. The number of hydrogen-bond acceptors (Lipinski definition) is 3. The smallest absolute Gasteiger partial charge is 0.249 e. The molecule has 2 saturated heterocycles. The van der Waals surface area contributed by atoms with E-state index in [9.17, 15) is 9.59 Å². The third-order valence-corrected chi connectivity index (χ3v) is 6.67. The van der Waals surface area contributed by atoms with Crippen LogP contribution in [0.1, 0.15) is 65.7 Å². The Morgan fingerprint density at radius 1 is 1.04 bits per heavy atom. The molecular weight excluding hydrogens is 304 g/mol. The Bertz CT molecular complexity index is 551. The maximum Gasteiger partial charge on any atom is 0.249 e. The van der Waals surface area contributed by atoms with Crippen LogP contribution in [0, 0.1) is 5.92 Å². The molecule has 0 N–H and O–H groups in total. The molecule has 0 aromatic rings. The SMILES string of the molecule is CC(C)N1C(=O)C(CC(C)N2C(=O)COCC23CC3)CCC12CC2. The second-order valence-electron chi connectivity index (χ2n) is 8.83. The van der Waals surface area contributed by atoms with E-state index in [4.69, 9.17) is 4.74 Å². The fourth-order valence-corrected chi connectivity index (χ4v) is 5.27. The van der Waals surface area contributed by atoms with Crippen LogP contribution in [-0.2, 0) is 14.3 Å². The van der Waals surface area contributed by atoms with Gasteiger partial charge in [-0.1, -0.05) is 0 Å². The van der Waals surface area contributed by atoms with Crippen LogP contribution >= 0.6 is 0 Å². The van der Waals surface area contributed by atoms with Gasteiger partial charge in [0, 0.05) is 23.5 Å². The van der Waals surface area contributed by atoms with E-state index in [-0.39, 0.29) is 41.6 Å². The molecule has 2 unspecified atom stereocenters. The minimum Gasteiger partial charge on any atom is -0.369 e. The largest absolute Gasteiger partial charge is 0.369 e. The van der Waals surface area contributed by atoms with Crippen molar-refractivity contribution in [1.82, 2.24) is 9.80 Å². The van der Waals surface area contributed by atoms with Crippen molar-refractivity contribution >= 4 is 11.8 Å². The first-order chi connectivity index (χ1) is 11.4. The number of ether oxygens (including phenoxy) is 1. The average Bonchev–Trinajstić information content (AvgIpc) is 3.42. The molecule has 0 radical (unpaired) electrons. The van der Waals surface area contributed by atoms with Gasteiger partial charge in [-0.25, -0.2) is 0 Å². The second-order valence-corrected chi connectivity index (χ2v) is 8.83. The molecule has 4 aliphatic rings. The van der Waals surface area contributed by atoms with Gasteiger partial charge < -0.3 is 14.5 Å². The molecule has 2 atom stereocenters. The lowest BCUT2D eigenvalue weighted by Gasteiger charge is -2.45. The first kappa shape index (κ1) is 16.4. The van der Waals surface area contributed by atoms with Gasteiger partial charge in [-0.3, -0.25) is 9.59 Å². The van der Waals surface area contributed by atoms with Crippen LogP contribution in [0.3, 0.4) is 0 Å². The van der Waals surface area contributed by atoms with Gasteiger partial charge in [0.25, 0.3) is 0 Å². The maximum atomic E-state index is 13.1. The van der Waals surface area contributed by atoms with E-state index in [0.717, 1.165) is 32.1 Å². The van der Waals surface area contributed by atoms with Crippen LogP contribution in [0.15, 0.2) is 0 Å². The zero-order valence-electron chi connectivity index (χ0n) is 15.2. The molecule has 5 heteroatoms. The molecule has 134 valence electrons. The fraction of sp³-hybridized carbons (Fsp3) is 0.895. The van der Waals surface area contributed by atoms with E-state index >= 15 is 0 Å². The van der Waals surface area contributed by atoms with Gasteiger partial charge in [0.05, 0.1) is 12.1 Å². The number of amides is 2. The Morgan fingerprint density at radius 3 is 2.29 bits per heavy atom. The summed E-state index contributed by atoms with van der Waals surface area (Å²) in [6.07, 6.45) is 7.35. The zero-order chi connectivity index (χ0) is 17.1. The quantitative estimate of drug-likeness (QED) is 0.793. The van der Waals surface area contributed by atoms with Crippen LogP contribution in [0.25, 0.3) is 0 Å². The number of rotatable bonds is 4. The molecule has 4 rings (SSSR count). The van der Waals surface area contributed by atoms with Crippen molar-refractivity contribution in [3.8, 4) is 0 Å². The summed E-state index contributed by atoms with van der Waals surface area (Å²) in [7, 11) is 0. The lowest BCUT2D eigenvalue weighted by molar-refractivity contribution is -0.157. The fourth-order valence-electron chi connectivity index (χ4n) is 5.27. The zero-order valence-corrected chi connectivity index (χ0v) is 15.2. The van der Waals surface area contributed by atoms with Crippen molar-refractivity contribution in [3.63, 3.8) is 0 Å². The van der Waals surface area contributed by atoms with Gasteiger partial charge in [0.15, 0.2) is 0 Å². The molecule has 5 nitrogen and oxygen atoms in total. The molecule has 2 amide bonds. The van der Waals surface area contributed by atoms with Crippen molar-refractivity contribution in [1.29, 1.82) is 0 Å². The van der Waals surface area contributed by atoms with Crippen LogP contribution < -0.4 is 0 Å². The molecule has 2 spiro atoms. The van der Waals surface area contributed by atoms with Crippen LogP contribution in [0.4, 0.5) is 0 Å². The Hall–Kier alpha value is -1.10. The van der Waals surface area contributed by atoms with E-state index in [2.05, 4.69) is 30.6 Å². The summed E-state index contributed by atoms with van der Waals surface area (Å²) >= 11 is 0. The van der Waals surface area contributed by atoms with Crippen LogP contribution in [-0.4, -0.2) is 58.0 Å². The second kappa shape index (κ2) is 5.45. The van der Waals surface area contributed by atoms with Crippen molar-refractivity contribution in [2.45, 2.75) is 88.9 Å². The van der Waals surface area contributed by atoms with Gasteiger partial charge in [-0.2, -0.15) is 0 Å². The molecular formula is C19H30N2O3. The summed E-state index contributed by atoms with van der Waals surface area (Å²) in [6.45, 7) is 7.26. The van der Waals surface area contributed by atoms with Crippen molar-refractivity contribution < 1.29 is 14.3 Å². The van der Waals surface area contributed by atoms with Crippen molar-refractivity contribution in [3.05, 3.63) is 0 Å². The molecule has 24 heavy (non-hydrogen) atoms. The topological polar surface area (TPSA) is 49.9 Å². The van der Waals surface area contributed by atoms with E-state index in [0.29, 0.717) is 12.5 Å². The molecule has 2 saturated carbocycles. The third-order valence-electron chi connectivity index (χ3n) is 6.67. The van der Waals surface area contributed by atoms with Gasteiger partial charge in [-0.15, -0.1) is 0 Å². The maximum absolute atomic E-state index is 13.1. The Morgan fingerprint density at radius 2 is 1.71 bits per heavy atom. The van der Waals surface area contributed by atoms with Crippen molar-refractivity contribution in [2.75, 3.05) is 13.2 Å². The molecule has 4 fully saturated rings. The van der Waals surface area contributed by atoms with Crippen LogP contribution in [0.5, 0.6) is 0 Å². The number of carbonyl (C=O) groups excluding carboxylic acids is 2. The summed E-state index contributed by atoms with van der Waals surface area (Å²) in [5, 5.41) is 0. The van der Waals surface area contributed by atoms with E-state index in [1.807, 2.05) is 0 Å². The third kappa shape index (κ3) is 2.47. The molecule has 2 aliphatic carbocycles. The Balaban J connectivity index is 1.47. The number of nitrogens with zero attached hydrogens (tertiary/aromatic N) is 2. The number of morpholine rings is 1. The van der Waals surface area contributed by atoms with Gasteiger partial charge in [0.2, 0.25) is 11.8 Å². The lowest BCUT2D eigenvalue weighted by atomic mass is 9.84. The highest BCUT2D eigenvalue weighted by atomic mass is 16.5. The predicted molar refractivity (Wildman–Crippen MR) is 90.4 cm³/mol. The van der Waals surface area contributed by atoms with E-state index in [1.165, 1.54) is 12.8 Å². The first-order valence-electron chi connectivity index (χ1n) is 9.62. The molecule has 2 aliphatic heterocycles. The number of hydrogen-bond donors (Lipinski definition) is 0. The van der Waals surface area contributed by atoms with Gasteiger partial charge in [0.1, 0.15) is 6.61 Å². The lowest BCUT2D eigenvalue weighted by Crippen LogP contribution is -2.57. The number of likely N-dealkylation sites (tertiary alicyclic amines) is 1. The minimum absolute atomic E-state index is 0.0537. The predicted octanol–water partition coefficient (Wildman–Crippen LogP) is 2.34. The molecule has 2 heterocycles. The first-order valence-corrected chi connectivity index (χ1v) is 9.62. The van der Waals surface area contributed by atoms with Crippen molar-refractivity contribution in [2.24, 2.45) is 5.92 Å². The Labute approximate surface area is 144 Å². The minimum atomic E-state index is -0.0537. The highest BCUT2D eigenvalue weighted by Gasteiger charge is 2.57. The van der Waals surface area contributed by atoms with E-state index in [1.54, 1.807) is 0 Å². The van der Waals surface area contributed by atoms with Gasteiger partial charge in [-0.05, 0) is 65.7 Å². The van der Waals surface area contributed by atoms with Crippen LogP contribution in [0.2, 0.25) is 0 Å². The molecule has 0 aromatic heterocycles. The van der Waals surface area contributed by atoms with E-state index < -0.39 is 0 Å². The highest BCUT2D eigenvalue weighted by Crippen LogP contribution is 2.52. The average molecular weight is 334 g/mol. The number of carbonyl (C=O) groups is 2. The summed E-state index contributed by atoms with van der Waals surface area (Å²) in [5.41, 5.74) is 0.124. The summed E-state index contributed by atoms with van der Waals surface area (Å²) in [5.74, 6) is 0.500. The standard InChI is InChI=1S/C19H30N2O3/c1-13(2)20-17(23)15(4-5-18(20)6-7-18)10-14(3)21-16(22)11-24-12-19(21)8-9-19/h13-15H,4-12H2,1-3H3. The summed E-state index contributed by atoms with van der Waals surface area (Å²) < 4.78 is 5.47. The summed E-state index contributed by atoms with van der Waals surface area (Å²) in [6, 6.07) is 0.401. The Kier molecular flexibility index (Phi) is 3.72. The highest BCUT2D eigenvalue weighted by molar-refractivity contribution is 5.82. The number of piperidine rings is 1. The molecule has 0 aromatic carbocycles. The monoisotopic (exact) mass is 334 g/mol. The molecule has 0 bridgehead atoms.